The van der Waals surface area contributed by atoms with Crippen molar-refractivity contribution in [1.29, 1.82) is 0 Å². The summed E-state index contributed by atoms with van der Waals surface area (Å²) < 4.78 is 39.5. The fourth-order valence-corrected chi connectivity index (χ4v) is 1.06. The van der Waals surface area contributed by atoms with Gasteiger partial charge >= 0.3 is 6.30 Å². The third-order valence-electron chi connectivity index (χ3n) is 1.82. The molecule has 0 aromatic heterocycles. The van der Waals surface area contributed by atoms with Crippen LogP contribution in [-0.4, -0.2) is 25.9 Å². The van der Waals surface area contributed by atoms with Gasteiger partial charge in [0.05, 0.1) is 6.54 Å². The molecule has 0 fully saturated rings. The standard InChI is InChI=1S/C8H8F3N.C3H5NO/c9-8(10,11)12-6-7-4-2-1-3-5-7;1-2-5-3-4-1/h1-5,12H,6H2;3H,1-2H2. The van der Waals surface area contributed by atoms with Gasteiger partial charge in [-0.2, -0.15) is 13.2 Å². The second-order valence-electron chi connectivity index (χ2n) is 3.22. The summed E-state index contributed by atoms with van der Waals surface area (Å²) in [5.74, 6) is 0. The first-order chi connectivity index (χ1) is 8.08. The predicted molar refractivity (Wildman–Crippen MR) is 58.6 cm³/mol. The number of nitrogens with zero attached hydrogens (tertiary/aromatic N) is 1. The van der Waals surface area contributed by atoms with Gasteiger partial charge in [0.1, 0.15) is 6.61 Å². The fraction of sp³-hybridized carbons (Fsp3) is 0.364. The van der Waals surface area contributed by atoms with E-state index in [9.17, 15) is 13.2 Å². The van der Waals surface area contributed by atoms with Crippen LogP contribution in [0.2, 0.25) is 0 Å². The lowest BCUT2D eigenvalue weighted by Crippen LogP contribution is -2.30. The van der Waals surface area contributed by atoms with Gasteiger partial charge in [0, 0.05) is 6.54 Å². The third kappa shape index (κ3) is 7.35. The lowest BCUT2D eigenvalue weighted by Gasteiger charge is -2.07. The average Bonchev–Trinajstić information content (AvgIpc) is 2.85. The Balaban J connectivity index is 0.000000239. The van der Waals surface area contributed by atoms with Crippen LogP contribution in [0.25, 0.3) is 0 Å². The number of aliphatic imine (C=N–C) groups is 1. The van der Waals surface area contributed by atoms with E-state index >= 15 is 0 Å². The zero-order chi connectivity index (χ0) is 12.6. The number of halogens is 3. The quantitative estimate of drug-likeness (QED) is 0.812. The van der Waals surface area contributed by atoms with Crippen molar-refractivity contribution in [2.45, 2.75) is 12.8 Å². The number of hydrogen-bond donors (Lipinski definition) is 1. The van der Waals surface area contributed by atoms with E-state index in [1.54, 1.807) is 30.3 Å². The van der Waals surface area contributed by atoms with Crippen LogP contribution in [0.4, 0.5) is 13.2 Å². The minimum absolute atomic E-state index is 0.176. The summed E-state index contributed by atoms with van der Waals surface area (Å²) >= 11 is 0. The molecule has 3 nitrogen and oxygen atoms in total. The number of ether oxygens (including phenoxy) is 1. The van der Waals surface area contributed by atoms with Gasteiger partial charge in [-0.3, -0.25) is 4.99 Å². The van der Waals surface area contributed by atoms with Crippen molar-refractivity contribution < 1.29 is 17.9 Å². The summed E-state index contributed by atoms with van der Waals surface area (Å²) in [6, 6.07) is 8.44. The van der Waals surface area contributed by atoms with E-state index in [1.165, 1.54) is 11.7 Å². The number of benzene rings is 1. The zero-order valence-electron chi connectivity index (χ0n) is 9.07. The molecule has 1 N–H and O–H groups in total. The molecule has 0 radical (unpaired) electrons. The summed E-state index contributed by atoms with van der Waals surface area (Å²) in [7, 11) is 0. The topological polar surface area (TPSA) is 33.6 Å². The fourth-order valence-electron chi connectivity index (χ4n) is 1.06. The maximum atomic E-state index is 11.6. The van der Waals surface area contributed by atoms with Crippen LogP contribution in [0.15, 0.2) is 35.3 Å². The van der Waals surface area contributed by atoms with Gasteiger partial charge in [-0.05, 0) is 5.56 Å². The van der Waals surface area contributed by atoms with Crippen LogP contribution in [0, 0.1) is 0 Å². The van der Waals surface area contributed by atoms with Crippen LogP contribution < -0.4 is 5.32 Å². The normalized spacial score (nSPS) is 13.8. The molecule has 1 heterocycles. The number of alkyl halides is 3. The number of rotatable bonds is 2. The molecule has 0 unspecified atom stereocenters. The molecule has 0 bridgehead atoms. The maximum Gasteiger partial charge on any atom is 0.457 e. The van der Waals surface area contributed by atoms with Gasteiger partial charge in [-0.1, -0.05) is 30.3 Å². The minimum atomic E-state index is -4.30. The Hall–Kier alpha value is -1.56. The molecule has 1 aliphatic heterocycles. The number of hydrogen-bond acceptors (Lipinski definition) is 3. The molecule has 0 saturated carbocycles. The average molecular weight is 246 g/mol. The van der Waals surface area contributed by atoms with Crippen LogP contribution in [0.5, 0.6) is 0 Å². The van der Waals surface area contributed by atoms with E-state index in [1.807, 2.05) is 0 Å². The Bertz CT molecular complexity index is 332. The van der Waals surface area contributed by atoms with E-state index < -0.39 is 6.30 Å². The molecule has 0 aliphatic carbocycles. The highest BCUT2D eigenvalue weighted by Gasteiger charge is 2.25. The van der Waals surface area contributed by atoms with E-state index in [-0.39, 0.29) is 6.54 Å². The molecule has 17 heavy (non-hydrogen) atoms. The van der Waals surface area contributed by atoms with Gasteiger partial charge < -0.3 is 4.74 Å². The lowest BCUT2D eigenvalue weighted by molar-refractivity contribution is -0.158. The van der Waals surface area contributed by atoms with Crippen molar-refractivity contribution in [3.8, 4) is 0 Å². The maximum absolute atomic E-state index is 11.6. The first kappa shape index (κ1) is 13.5. The molecule has 0 saturated heterocycles. The Kier molecular flexibility index (Phi) is 5.48. The van der Waals surface area contributed by atoms with Crippen LogP contribution in [0.1, 0.15) is 5.56 Å². The highest BCUT2D eigenvalue weighted by atomic mass is 19.4. The Labute approximate surface area is 97.3 Å². The molecule has 0 amide bonds. The van der Waals surface area contributed by atoms with Gasteiger partial charge in [0.25, 0.3) is 0 Å². The Morgan fingerprint density at radius 2 is 1.94 bits per heavy atom. The van der Waals surface area contributed by atoms with Crippen LogP contribution >= 0.6 is 0 Å². The molecule has 1 aromatic rings. The monoisotopic (exact) mass is 246 g/mol. The second-order valence-corrected chi connectivity index (χ2v) is 3.22. The SMILES string of the molecule is C1=NCCO1.FC(F)(F)NCc1ccccc1. The molecular formula is C11H13F3N2O. The van der Waals surface area contributed by atoms with Crippen molar-refractivity contribution >= 4 is 6.40 Å². The van der Waals surface area contributed by atoms with E-state index in [2.05, 4.69) is 9.73 Å². The van der Waals surface area contributed by atoms with Crippen molar-refractivity contribution in [2.75, 3.05) is 13.2 Å². The Morgan fingerprint density at radius 1 is 1.24 bits per heavy atom. The smallest absolute Gasteiger partial charge is 0.457 e. The van der Waals surface area contributed by atoms with E-state index in [0.717, 1.165) is 13.2 Å². The molecule has 0 atom stereocenters. The van der Waals surface area contributed by atoms with Crippen molar-refractivity contribution in [3.63, 3.8) is 0 Å². The molecule has 94 valence electrons. The molecular weight excluding hydrogens is 233 g/mol. The van der Waals surface area contributed by atoms with E-state index in [0.29, 0.717) is 5.56 Å². The first-order valence-electron chi connectivity index (χ1n) is 5.03. The lowest BCUT2D eigenvalue weighted by atomic mass is 10.2. The highest BCUT2D eigenvalue weighted by molar-refractivity contribution is 5.47. The second kappa shape index (κ2) is 6.90. The van der Waals surface area contributed by atoms with Crippen LogP contribution in [-0.2, 0) is 11.3 Å². The summed E-state index contributed by atoms with van der Waals surface area (Å²) in [6.07, 6.45) is -2.81. The van der Waals surface area contributed by atoms with Crippen molar-refractivity contribution in [2.24, 2.45) is 4.99 Å². The summed E-state index contributed by atoms with van der Waals surface area (Å²) in [5.41, 5.74) is 0.620. The van der Waals surface area contributed by atoms with Crippen molar-refractivity contribution in [1.82, 2.24) is 5.32 Å². The molecule has 0 spiro atoms. The molecule has 1 aromatic carbocycles. The summed E-state index contributed by atoms with van der Waals surface area (Å²) in [6.45, 7) is 1.45. The minimum Gasteiger partial charge on any atom is -0.482 e. The van der Waals surface area contributed by atoms with Crippen LogP contribution in [0.3, 0.4) is 0 Å². The van der Waals surface area contributed by atoms with E-state index in [4.69, 9.17) is 0 Å². The highest BCUT2D eigenvalue weighted by Crippen LogP contribution is 2.10. The number of nitrogens with one attached hydrogen (secondary N) is 1. The molecule has 6 heteroatoms. The molecule has 2 rings (SSSR count). The molecule has 1 aliphatic rings. The van der Waals surface area contributed by atoms with Gasteiger partial charge in [-0.25, -0.2) is 5.32 Å². The van der Waals surface area contributed by atoms with Crippen molar-refractivity contribution in [3.05, 3.63) is 35.9 Å². The predicted octanol–water partition coefficient (Wildman–Crippen LogP) is 2.34. The third-order valence-corrected chi connectivity index (χ3v) is 1.82. The Morgan fingerprint density at radius 3 is 2.35 bits per heavy atom. The summed E-state index contributed by atoms with van der Waals surface area (Å²) in [4.78, 5) is 3.74. The largest absolute Gasteiger partial charge is 0.482 e. The van der Waals surface area contributed by atoms with Gasteiger partial charge in [-0.15, -0.1) is 0 Å². The summed E-state index contributed by atoms with van der Waals surface area (Å²) in [5, 5.41) is 1.44. The van der Waals surface area contributed by atoms with Gasteiger partial charge in [0.2, 0.25) is 0 Å². The zero-order valence-corrected chi connectivity index (χ0v) is 9.07. The first-order valence-corrected chi connectivity index (χ1v) is 5.03. The van der Waals surface area contributed by atoms with Gasteiger partial charge in [0.15, 0.2) is 6.40 Å².